The third kappa shape index (κ3) is 3.24. The van der Waals surface area contributed by atoms with Gasteiger partial charge in [0.15, 0.2) is 5.65 Å². The van der Waals surface area contributed by atoms with Crippen LogP contribution in [0.3, 0.4) is 0 Å². The summed E-state index contributed by atoms with van der Waals surface area (Å²) in [5, 5.41) is 6.24. The Morgan fingerprint density at radius 3 is 2.71 bits per heavy atom. The van der Waals surface area contributed by atoms with Crippen LogP contribution in [0.4, 0.5) is 5.82 Å². The van der Waals surface area contributed by atoms with Crippen molar-refractivity contribution in [1.82, 2.24) is 29.3 Å². The van der Waals surface area contributed by atoms with Gasteiger partial charge in [-0.1, -0.05) is 35.9 Å². The number of hydrogen-bond acceptors (Lipinski definition) is 6. The zero-order chi connectivity index (χ0) is 21.7. The first kappa shape index (κ1) is 19.9. The van der Waals surface area contributed by atoms with Crippen molar-refractivity contribution in [3.63, 3.8) is 0 Å². The summed E-state index contributed by atoms with van der Waals surface area (Å²) >= 11 is 8.56. The Kier molecular flexibility index (Phi) is 4.86. The van der Waals surface area contributed by atoms with Crippen LogP contribution in [0.2, 0.25) is 5.02 Å². The van der Waals surface area contributed by atoms with Crippen LogP contribution in [0.15, 0.2) is 53.6 Å². The number of fused-ring (bicyclic) bond motifs is 2. The number of nitrogen functional groups attached to an aromatic ring is 1. The summed E-state index contributed by atoms with van der Waals surface area (Å²) < 4.78 is 3.89. The van der Waals surface area contributed by atoms with E-state index in [0.717, 1.165) is 5.56 Å². The van der Waals surface area contributed by atoms with Crippen molar-refractivity contribution in [2.75, 3.05) is 5.73 Å². The molecule has 10 heteroatoms. The van der Waals surface area contributed by atoms with Crippen molar-refractivity contribution in [1.29, 1.82) is 0 Å². The lowest BCUT2D eigenvalue weighted by Gasteiger charge is -2.16. The van der Waals surface area contributed by atoms with E-state index in [9.17, 15) is 4.79 Å². The number of benzene rings is 2. The summed E-state index contributed by atoms with van der Waals surface area (Å²) in [5.74, 6) is 0.834. The van der Waals surface area contributed by atoms with Crippen molar-refractivity contribution >= 4 is 61.9 Å². The number of rotatable bonds is 3. The van der Waals surface area contributed by atoms with Crippen molar-refractivity contribution < 1.29 is 0 Å². The van der Waals surface area contributed by atoms with Crippen LogP contribution in [0.25, 0.3) is 27.6 Å². The predicted molar refractivity (Wildman–Crippen MR) is 129 cm³/mol. The molecule has 0 aliphatic heterocycles. The summed E-state index contributed by atoms with van der Waals surface area (Å²) in [4.78, 5) is 26.8. The first-order valence-electron chi connectivity index (χ1n) is 9.34. The first-order chi connectivity index (χ1) is 15.0. The normalized spacial score (nSPS) is 11.5. The van der Waals surface area contributed by atoms with E-state index in [2.05, 4.69) is 37.7 Å². The maximum Gasteiger partial charge on any atom is 0.266 e. The molecule has 0 fully saturated rings. The molecule has 5 aromatic rings. The Hall–Kier alpha value is -3.05. The molecule has 0 unspecified atom stereocenters. The summed E-state index contributed by atoms with van der Waals surface area (Å²) in [5.41, 5.74) is 8.43. The highest BCUT2D eigenvalue weighted by atomic mass is 127. The molecule has 0 aliphatic rings. The quantitative estimate of drug-likeness (QED) is 0.348. The van der Waals surface area contributed by atoms with E-state index in [0.29, 0.717) is 48.0 Å². The molecule has 154 valence electrons. The summed E-state index contributed by atoms with van der Waals surface area (Å²) in [6.07, 6.45) is 1.39. The number of aromatic nitrogens is 6. The van der Waals surface area contributed by atoms with Gasteiger partial charge >= 0.3 is 0 Å². The van der Waals surface area contributed by atoms with E-state index in [1.165, 1.54) is 6.33 Å². The predicted octanol–water partition coefficient (Wildman–Crippen LogP) is 3.72. The Balaban J connectivity index is 1.82. The van der Waals surface area contributed by atoms with E-state index in [4.69, 9.17) is 22.3 Å². The minimum atomic E-state index is -0.188. The molecule has 0 aliphatic carbocycles. The van der Waals surface area contributed by atoms with Gasteiger partial charge in [-0.25, -0.2) is 19.6 Å². The maximum atomic E-state index is 13.6. The largest absolute Gasteiger partial charge is 0.383 e. The smallest absolute Gasteiger partial charge is 0.266 e. The van der Waals surface area contributed by atoms with Crippen LogP contribution < -0.4 is 11.3 Å². The number of aryl methyl sites for hydroxylation is 1. The van der Waals surface area contributed by atoms with Crippen molar-refractivity contribution in [3.05, 3.63) is 79.3 Å². The van der Waals surface area contributed by atoms with E-state index < -0.39 is 0 Å². The Morgan fingerprint density at radius 2 is 1.90 bits per heavy atom. The first-order valence-corrected chi connectivity index (χ1v) is 10.8. The molecule has 2 aromatic carbocycles. The lowest BCUT2D eigenvalue weighted by Crippen LogP contribution is -2.26. The third-order valence-corrected chi connectivity index (χ3v) is 6.15. The molecule has 3 aromatic heterocycles. The average Bonchev–Trinajstić information content (AvgIpc) is 3.05. The SMILES string of the molecule is Cc1cccc2nc(Cn3nc(I)c4c(N)ncnc43)n(-c3ccccc3Cl)c(=O)c12. The minimum Gasteiger partial charge on any atom is -0.383 e. The number of nitrogens with zero attached hydrogens (tertiary/aromatic N) is 6. The second kappa shape index (κ2) is 7.57. The second-order valence-electron chi connectivity index (χ2n) is 7.00. The molecular weight excluding hydrogens is 529 g/mol. The van der Waals surface area contributed by atoms with E-state index in [1.54, 1.807) is 21.4 Å². The van der Waals surface area contributed by atoms with Gasteiger partial charge in [0.05, 0.1) is 27.0 Å². The molecule has 0 spiro atoms. The summed E-state index contributed by atoms with van der Waals surface area (Å²) in [6.45, 7) is 2.09. The number of para-hydroxylation sites is 1. The topological polar surface area (TPSA) is 105 Å². The lowest BCUT2D eigenvalue weighted by atomic mass is 10.1. The molecule has 0 radical (unpaired) electrons. The van der Waals surface area contributed by atoms with Gasteiger partial charge < -0.3 is 5.73 Å². The summed E-state index contributed by atoms with van der Waals surface area (Å²) in [6, 6.07) is 12.8. The fraction of sp³-hybridized carbons (Fsp3) is 0.0952. The van der Waals surface area contributed by atoms with E-state index >= 15 is 0 Å². The Morgan fingerprint density at radius 1 is 1.10 bits per heavy atom. The lowest BCUT2D eigenvalue weighted by molar-refractivity contribution is 0.645. The zero-order valence-corrected chi connectivity index (χ0v) is 19.2. The van der Waals surface area contributed by atoms with Gasteiger partial charge in [-0.15, -0.1) is 0 Å². The Labute approximate surface area is 194 Å². The molecule has 0 atom stereocenters. The number of anilines is 1. The van der Waals surface area contributed by atoms with Crippen LogP contribution in [0.1, 0.15) is 11.4 Å². The zero-order valence-electron chi connectivity index (χ0n) is 16.3. The molecule has 8 nitrogen and oxygen atoms in total. The number of halogens is 2. The molecule has 0 amide bonds. The highest BCUT2D eigenvalue weighted by Crippen LogP contribution is 2.25. The maximum absolute atomic E-state index is 13.6. The molecule has 0 saturated carbocycles. The molecule has 2 N–H and O–H groups in total. The fourth-order valence-electron chi connectivity index (χ4n) is 3.66. The second-order valence-corrected chi connectivity index (χ2v) is 8.42. The molecule has 0 saturated heterocycles. The highest BCUT2D eigenvalue weighted by molar-refractivity contribution is 14.1. The summed E-state index contributed by atoms with van der Waals surface area (Å²) in [7, 11) is 0. The highest BCUT2D eigenvalue weighted by Gasteiger charge is 2.19. The van der Waals surface area contributed by atoms with Gasteiger partial charge in [-0.3, -0.25) is 9.36 Å². The van der Waals surface area contributed by atoms with Gasteiger partial charge in [0.2, 0.25) is 0 Å². The van der Waals surface area contributed by atoms with Crippen LogP contribution >= 0.6 is 34.2 Å². The molecule has 0 bridgehead atoms. The van der Waals surface area contributed by atoms with Crippen LogP contribution in [-0.2, 0) is 6.54 Å². The van der Waals surface area contributed by atoms with Crippen molar-refractivity contribution in [2.45, 2.75) is 13.5 Å². The minimum absolute atomic E-state index is 0.188. The molecule has 31 heavy (non-hydrogen) atoms. The van der Waals surface area contributed by atoms with Gasteiger partial charge in [-0.2, -0.15) is 5.10 Å². The van der Waals surface area contributed by atoms with Gasteiger partial charge in [0.25, 0.3) is 5.56 Å². The van der Waals surface area contributed by atoms with Crippen LogP contribution in [-0.4, -0.2) is 29.3 Å². The van der Waals surface area contributed by atoms with Gasteiger partial charge in [-0.05, 0) is 53.3 Å². The van der Waals surface area contributed by atoms with Crippen LogP contribution in [0, 0.1) is 10.6 Å². The van der Waals surface area contributed by atoms with E-state index in [-0.39, 0.29) is 12.1 Å². The number of nitrogens with two attached hydrogens (primary N) is 1. The molecule has 3 heterocycles. The van der Waals surface area contributed by atoms with Gasteiger partial charge in [0.1, 0.15) is 28.2 Å². The van der Waals surface area contributed by atoms with E-state index in [1.807, 2.05) is 37.3 Å². The third-order valence-electron chi connectivity index (χ3n) is 5.08. The number of hydrogen-bond donors (Lipinski definition) is 1. The fourth-order valence-corrected chi connectivity index (χ4v) is 4.66. The van der Waals surface area contributed by atoms with Crippen molar-refractivity contribution in [3.8, 4) is 5.69 Å². The Bertz CT molecular complexity index is 1540. The molecule has 5 rings (SSSR count). The van der Waals surface area contributed by atoms with Crippen molar-refractivity contribution in [2.24, 2.45) is 0 Å². The van der Waals surface area contributed by atoms with Crippen LogP contribution in [0.5, 0.6) is 0 Å². The monoisotopic (exact) mass is 543 g/mol. The standard InChI is InChI=1S/C21H15ClIN7O/c1-11-5-4-7-13-16(11)21(31)30(14-8-3-2-6-12(14)22)15(27-13)9-29-20-17(18(23)28-29)19(24)25-10-26-20/h2-8,10H,9H2,1H3,(H2,24,25,26). The van der Waals surface area contributed by atoms with Gasteiger partial charge in [0, 0.05) is 0 Å². The average molecular weight is 544 g/mol. The molecular formula is C21H15ClIN7O.